The maximum absolute atomic E-state index is 11.9. The number of hydrogen-bond acceptors (Lipinski definition) is 3. The van der Waals surface area contributed by atoms with Crippen molar-refractivity contribution in [1.82, 2.24) is 5.32 Å². The Morgan fingerprint density at radius 3 is 2.69 bits per heavy atom. The zero-order chi connectivity index (χ0) is 11.5. The van der Waals surface area contributed by atoms with Crippen LogP contribution in [0.15, 0.2) is 11.4 Å². The smallest absolute Gasteiger partial charge is 0.263 e. The summed E-state index contributed by atoms with van der Waals surface area (Å²) in [5.41, 5.74) is 6.31. The second-order valence-corrected chi connectivity index (χ2v) is 5.55. The average molecular weight is 238 g/mol. The van der Waals surface area contributed by atoms with Crippen LogP contribution in [0.1, 0.15) is 42.3 Å². The summed E-state index contributed by atoms with van der Waals surface area (Å²) in [5.74, 6) is 0.798. The van der Waals surface area contributed by atoms with E-state index in [2.05, 4.69) is 12.2 Å². The number of rotatable bonds is 2. The summed E-state index contributed by atoms with van der Waals surface area (Å²) in [5, 5.41) is 4.93. The molecule has 1 saturated carbocycles. The van der Waals surface area contributed by atoms with Gasteiger partial charge in [0.15, 0.2) is 0 Å². The highest BCUT2D eigenvalue weighted by molar-refractivity contribution is 7.12. The van der Waals surface area contributed by atoms with Crippen molar-refractivity contribution in [1.29, 1.82) is 0 Å². The number of nitrogens with one attached hydrogen (secondary N) is 1. The molecule has 0 spiro atoms. The fourth-order valence-electron chi connectivity index (χ4n) is 2.16. The Kier molecular flexibility index (Phi) is 3.49. The third kappa shape index (κ3) is 2.55. The van der Waals surface area contributed by atoms with Crippen molar-refractivity contribution in [2.75, 3.05) is 5.73 Å². The molecule has 0 aromatic carbocycles. The first kappa shape index (κ1) is 11.5. The number of thiophene rings is 1. The zero-order valence-electron chi connectivity index (χ0n) is 9.53. The Labute approximate surface area is 100 Å². The molecule has 1 amide bonds. The normalized spacial score (nSPS) is 25.3. The SMILES string of the molecule is CC1CCC(NC(=O)c2sccc2N)CC1. The fourth-order valence-corrected chi connectivity index (χ4v) is 2.88. The van der Waals surface area contributed by atoms with Gasteiger partial charge in [-0.3, -0.25) is 4.79 Å². The minimum Gasteiger partial charge on any atom is -0.397 e. The standard InChI is InChI=1S/C12H18N2OS/c1-8-2-4-9(5-3-8)14-12(15)11-10(13)6-7-16-11/h6-9H,2-5,13H2,1H3,(H,14,15). The molecular weight excluding hydrogens is 220 g/mol. The van der Waals surface area contributed by atoms with Gasteiger partial charge in [-0.1, -0.05) is 6.92 Å². The van der Waals surface area contributed by atoms with E-state index < -0.39 is 0 Å². The summed E-state index contributed by atoms with van der Waals surface area (Å²) in [7, 11) is 0. The van der Waals surface area contributed by atoms with E-state index in [1.165, 1.54) is 24.2 Å². The summed E-state index contributed by atoms with van der Waals surface area (Å²) in [6.45, 7) is 2.27. The summed E-state index contributed by atoms with van der Waals surface area (Å²) in [4.78, 5) is 12.5. The van der Waals surface area contributed by atoms with Crippen LogP contribution in [0.4, 0.5) is 5.69 Å². The summed E-state index contributed by atoms with van der Waals surface area (Å²) in [6.07, 6.45) is 4.62. The maximum Gasteiger partial charge on any atom is 0.263 e. The van der Waals surface area contributed by atoms with E-state index >= 15 is 0 Å². The predicted octanol–water partition coefficient (Wildman–Crippen LogP) is 2.64. The molecule has 0 radical (unpaired) electrons. The van der Waals surface area contributed by atoms with Gasteiger partial charge in [-0.2, -0.15) is 0 Å². The molecule has 1 aliphatic rings. The van der Waals surface area contributed by atoms with Gasteiger partial charge in [0.25, 0.3) is 5.91 Å². The number of hydrogen-bond donors (Lipinski definition) is 2. The van der Waals surface area contributed by atoms with E-state index in [1.54, 1.807) is 6.07 Å². The van der Waals surface area contributed by atoms with Gasteiger partial charge in [0.1, 0.15) is 4.88 Å². The molecular formula is C12H18N2OS. The number of nitrogens with two attached hydrogens (primary N) is 1. The first-order chi connectivity index (χ1) is 7.66. The van der Waals surface area contributed by atoms with Crippen molar-refractivity contribution in [2.24, 2.45) is 5.92 Å². The Morgan fingerprint density at radius 2 is 2.12 bits per heavy atom. The Balaban J connectivity index is 1.91. The molecule has 1 fully saturated rings. The largest absolute Gasteiger partial charge is 0.397 e. The quantitative estimate of drug-likeness (QED) is 0.832. The van der Waals surface area contributed by atoms with Crippen molar-refractivity contribution in [2.45, 2.75) is 38.6 Å². The minimum absolute atomic E-state index is 0.00736. The lowest BCUT2D eigenvalue weighted by Gasteiger charge is -2.26. The van der Waals surface area contributed by atoms with Crippen LogP contribution in [0.5, 0.6) is 0 Å². The summed E-state index contributed by atoms with van der Waals surface area (Å²) in [6, 6.07) is 2.12. The van der Waals surface area contributed by atoms with E-state index in [1.807, 2.05) is 5.38 Å². The van der Waals surface area contributed by atoms with Crippen molar-refractivity contribution >= 4 is 22.9 Å². The summed E-state index contributed by atoms with van der Waals surface area (Å²) < 4.78 is 0. The van der Waals surface area contributed by atoms with Crippen molar-refractivity contribution in [3.8, 4) is 0 Å². The lowest BCUT2D eigenvalue weighted by atomic mass is 9.87. The van der Waals surface area contributed by atoms with Gasteiger partial charge in [0, 0.05) is 6.04 Å². The number of anilines is 1. The van der Waals surface area contributed by atoms with Gasteiger partial charge >= 0.3 is 0 Å². The number of amides is 1. The molecule has 1 aliphatic carbocycles. The van der Waals surface area contributed by atoms with E-state index in [9.17, 15) is 4.79 Å². The van der Waals surface area contributed by atoms with Gasteiger partial charge in [0.2, 0.25) is 0 Å². The molecule has 3 N–H and O–H groups in total. The molecule has 88 valence electrons. The molecule has 1 heterocycles. The highest BCUT2D eigenvalue weighted by atomic mass is 32.1. The molecule has 3 nitrogen and oxygen atoms in total. The molecule has 4 heteroatoms. The van der Waals surface area contributed by atoms with Gasteiger partial charge in [-0.25, -0.2) is 0 Å². The van der Waals surface area contributed by atoms with Crippen LogP contribution in [0, 0.1) is 5.92 Å². The van der Waals surface area contributed by atoms with Gasteiger partial charge < -0.3 is 11.1 Å². The number of nitrogen functional groups attached to an aromatic ring is 1. The van der Waals surface area contributed by atoms with Crippen LogP contribution < -0.4 is 11.1 Å². The lowest BCUT2D eigenvalue weighted by molar-refractivity contribution is 0.0928. The zero-order valence-corrected chi connectivity index (χ0v) is 10.3. The van der Waals surface area contributed by atoms with Crippen LogP contribution in [0.2, 0.25) is 0 Å². The first-order valence-corrected chi connectivity index (χ1v) is 6.68. The third-order valence-electron chi connectivity index (χ3n) is 3.25. The molecule has 16 heavy (non-hydrogen) atoms. The van der Waals surface area contributed by atoms with E-state index in [0.29, 0.717) is 16.6 Å². The second kappa shape index (κ2) is 4.87. The predicted molar refractivity (Wildman–Crippen MR) is 67.6 cm³/mol. The molecule has 0 unspecified atom stereocenters. The van der Waals surface area contributed by atoms with Crippen LogP contribution in [0.25, 0.3) is 0 Å². The molecule has 0 bridgehead atoms. The minimum atomic E-state index is -0.00736. The fraction of sp³-hybridized carbons (Fsp3) is 0.583. The number of carbonyl (C=O) groups is 1. The Bertz CT molecular complexity index is 367. The molecule has 1 aromatic rings. The monoisotopic (exact) mass is 238 g/mol. The molecule has 0 aliphatic heterocycles. The van der Waals surface area contributed by atoms with Crippen molar-refractivity contribution < 1.29 is 4.79 Å². The van der Waals surface area contributed by atoms with Crippen molar-refractivity contribution in [3.05, 3.63) is 16.3 Å². The topological polar surface area (TPSA) is 55.1 Å². The van der Waals surface area contributed by atoms with E-state index in [4.69, 9.17) is 5.73 Å². The van der Waals surface area contributed by atoms with Crippen LogP contribution >= 0.6 is 11.3 Å². The second-order valence-electron chi connectivity index (χ2n) is 4.64. The molecule has 0 atom stereocenters. The van der Waals surface area contributed by atoms with Crippen LogP contribution in [-0.2, 0) is 0 Å². The highest BCUT2D eigenvalue weighted by Crippen LogP contribution is 2.25. The molecule has 1 aromatic heterocycles. The van der Waals surface area contributed by atoms with Gasteiger partial charge in [-0.15, -0.1) is 11.3 Å². The van der Waals surface area contributed by atoms with Crippen LogP contribution in [0.3, 0.4) is 0 Å². The van der Waals surface area contributed by atoms with Gasteiger partial charge in [-0.05, 0) is 43.0 Å². The maximum atomic E-state index is 11.9. The Morgan fingerprint density at radius 1 is 1.44 bits per heavy atom. The summed E-state index contributed by atoms with van der Waals surface area (Å²) >= 11 is 1.41. The van der Waals surface area contributed by atoms with E-state index in [0.717, 1.165) is 18.8 Å². The average Bonchev–Trinajstić information content (AvgIpc) is 2.68. The van der Waals surface area contributed by atoms with E-state index in [-0.39, 0.29) is 5.91 Å². The first-order valence-electron chi connectivity index (χ1n) is 5.80. The lowest BCUT2D eigenvalue weighted by Crippen LogP contribution is -2.37. The Hall–Kier alpha value is -1.03. The third-order valence-corrected chi connectivity index (χ3v) is 4.18. The highest BCUT2D eigenvalue weighted by Gasteiger charge is 2.21. The number of carbonyl (C=O) groups excluding carboxylic acids is 1. The van der Waals surface area contributed by atoms with Crippen LogP contribution in [-0.4, -0.2) is 11.9 Å². The van der Waals surface area contributed by atoms with Gasteiger partial charge in [0.05, 0.1) is 5.69 Å². The molecule has 2 rings (SSSR count). The molecule has 0 saturated heterocycles. The van der Waals surface area contributed by atoms with Crippen molar-refractivity contribution in [3.63, 3.8) is 0 Å².